The average molecular weight is 589 g/mol. The molecule has 6 nitrogen and oxygen atoms in total. The molecule has 0 heterocycles. The number of hydrogen-bond donors (Lipinski definition) is 3. The molecule has 29 heavy (non-hydrogen) atoms. The van der Waals surface area contributed by atoms with Gasteiger partial charge in [0.25, 0.3) is 5.91 Å². The summed E-state index contributed by atoms with van der Waals surface area (Å²) in [7, 11) is 0. The Bertz CT molecular complexity index is 946. The largest absolute Gasteiger partial charge is 0.394 e. The van der Waals surface area contributed by atoms with Gasteiger partial charge in [0.2, 0.25) is 0 Å². The summed E-state index contributed by atoms with van der Waals surface area (Å²) in [4.78, 5) is 17.5. The van der Waals surface area contributed by atoms with Gasteiger partial charge in [0.1, 0.15) is 28.9 Å². The van der Waals surface area contributed by atoms with Crippen LogP contribution in [0.25, 0.3) is 0 Å². The normalized spacial score (nSPS) is 12.7. The summed E-state index contributed by atoms with van der Waals surface area (Å²) in [6, 6.07) is 4.75. The van der Waals surface area contributed by atoms with Crippen LogP contribution >= 0.6 is 38.5 Å². The minimum Gasteiger partial charge on any atom is -0.394 e. The number of aliphatic hydroxyl groups is 2. The highest BCUT2D eigenvalue weighted by Crippen LogP contribution is 2.39. The summed E-state index contributed by atoms with van der Waals surface area (Å²) >= 11 is 4.65. The number of carbonyl (C=O) groups is 1. The summed E-state index contributed by atoms with van der Waals surface area (Å²) in [5.41, 5.74) is 2.07. The number of hydrogen-bond acceptors (Lipinski definition) is 5. The quantitative estimate of drug-likeness (QED) is 0.260. The molecule has 0 radical (unpaired) electrons. The zero-order chi connectivity index (χ0) is 22.1. The number of benzene rings is 2. The van der Waals surface area contributed by atoms with Crippen molar-refractivity contribution < 1.29 is 33.0 Å². The van der Waals surface area contributed by atoms with Crippen molar-refractivity contribution in [1.29, 1.82) is 0 Å². The van der Waals surface area contributed by atoms with Crippen LogP contribution in [0, 0.1) is 21.0 Å². The van der Waals surface area contributed by atoms with Gasteiger partial charge in [-0.25, -0.2) is 18.2 Å². The molecule has 11 heteroatoms. The highest BCUT2D eigenvalue weighted by Gasteiger charge is 2.36. The van der Waals surface area contributed by atoms with Crippen molar-refractivity contribution in [3.8, 4) is 0 Å². The van der Waals surface area contributed by atoms with Crippen LogP contribution in [0.3, 0.4) is 0 Å². The Hall–Kier alpha value is -1.41. The number of nitrogens with zero attached hydrogens (tertiary/aromatic N) is 1. The van der Waals surface area contributed by atoms with Crippen molar-refractivity contribution in [2.24, 2.45) is 5.73 Å². The van der Waals surface area contributed by atoms with Crippen molar-refractivity contribution in [1.82, 2.24) is 0 Å². The van der Waals surface area contributed by atoms with Gasteiger partial charge in [0.15, 0.2) is 11.6 Å². The fourth-order valence-corrected chi connectivity index (χ4v) is 3.21. The monoisotopic (exact) mass is 588 g/mol. The van der Waals surface area contributed by atoms with Gasteiger partial charge >= 0.3 is 0 Å². The third-order valence-corrected chi connectivity index (χ3v) is 5.28. The number of primary amides is 1. The topological polar surface area (TPSA) is 96.0 Å². The summed E-state index contributed by atoms with van der Waals surface area (Å²) < 4.78 is 44.1. The fourth-order valence-electron chi connectivity index (χ4n) is 2.35. The van der Waals surface area contributed by atoms with E-state index in [0.717, 1.165) is 12.1 Å². The van der Waals surface area contributed by atoms with Gasteiger partial charge in [-0.1, -0.05) is 0 Å². The van der Waals surface area contributed by atoms with Crippen molar-refractivity contribution in [2.45, 2.75) is 25.6 Å². The van der Waals surface area contributed by atoms with E-state index in [4.69, 9.17) is 10.6 Å². The highest BCUT2D eigenvalue weighted by atomic mass is 127. The predicted molar refractivity (Wildman–Crippen MR) is 112 cm³/mol. The Labute approximate surface area is 186 Å². The Balaban J connectivity index is 2.81. The van der Waals surface area contributed by atoms with Gasteiger partial charge < -0.3 is 15.9 Å². The molecule has 2 rings (SSSR count). The first-order valence-corrected chi connectivity index (χ1v) is 9.98. The van der Waals surface area contributed by atoms with Gasteiger partial charge in [-0.3, -0.25) is 9.63 Å². The maximum atomic E-state index is 14.9. The SMILES string of the molecule is CC(C)(ON(c1ccc(I)cc1F)c1c(C(N)=O)cc(Br)c(F)c1F)C(O)CO. The fraction of sp³-hybridized carbons (Fsp3) is 0.278. The lowest BCUT2D eigenvalue weighted by Gasteiger charge is -2.36. The number of carbonyl (C=O) groups excluding carboxylic acids is 1. The van der Waals surface area contributed by atoms with E-state index in [2.05, 4.69) is 15.9 Å². The summed E-state index contributed by atoms with van der Waals surface area (Å²) in [5.74, 6) is -4.88. The van der Waals surface area contributed by atoms with Gasteiger partial charge in [-0.05, 0) is 76.6 Å². The molecule has 1 amide bonds. The van der Waals surface area contributed by atoms with Crippen LogP contribution in [0.5, 0.6) is 0 Å². The molecule has 0 aliphatic carbocycles. The van der Waals surface area contributed by atoms with E-state index in [9.17, 15) is 28.2 Å². The molecule has 0 aromatic heterocycles. The first kappa shape index (κ1) is 23.9. The molecule has 0 aliphatic rings. The van der Waals surface area contributed by atoms with Crippen LogP contribution in [-0.2, 0) is 4.84 Å². The van der Waals surface area contributed by atoms with Crippen molar-refractivity contribution in [2.75, 3.05) is 11.7 Å². The zero-order valence-electron chi connectivity index (χ0n) is 15.2. The standard InChI is InChI=1S/C18H17BrF3IN2O4/c1-18(2,13(27)7-26)29-25(12-4-3-8(23)5-11(12)20)16-9(17(24)28)6-10(19)14(21)15(16)22/h3-6,13,26-27H,7H2,1-2H3,(H2,24,28). The Morgan fingerprint density at radius 1 is 1.31 bits per heavy atom. The van der Waals surface area contributed by atoms with Crippen molar-refractivity contribution in [3.63, 3.8) is 0 Å². The van der Waals surface area contributed by atoms with Gasteiger partial charge in [-0.2, -0.15) is 0 Å². The maximum absolute atomic E-state index is 14.9. The molecule has 1 atom stereocenters. The van der Waals surface area contributed by atoms with Crippen LogP contribution in [0.2, 0.25) is 0 Å². The second-order valence-corrected chi connectivity index (χ2v) is 8.63. The van der Waals surface area contributed by atoms with E-state index < -0.39 is 52.9 Å². The lowest BCUT2D eigenvalue weighted by molar-refractivity contribution is -0.116. The first-order valence-electron chi connectivity index (χ1n) is 8.11. The Kier molecular flexibility index (Phi) is 7.54. The van der Waals surface area contributed by atoms with Crippen LogP contribution in [0.4, 0.5) is 24.5 Å². The van der Waals surface area contributed by atoms with Gasteiger partial charge in [0.05, 0.1) is 16.6 Å². The maximum Gasteiger partial charge on any atom is 0.251 e. The second-order valence-electron chi connectivity index (χ2n) is 6.53. The van der Waals surface area contributed by atoms with E-state index >= 15 is 0 Å². The smallest absolute Gasteiger partial charge is 0.251 e. The van der Waals surface area contributed by atoms with Gasteiger partial charge in [0, 0.05) is 3.57 Å². The minimum absolute atomic E-state index is 0.369. The Morgan fingerprint density at radius 2 is 1.93 bits per heavy atom. The second kappa shape index (κ2) is 9.16. The third kappa shape index (κ3) is 5.02. The Morgan fingerprint density at radius 3 is 2.45 bits per heavy atom. The zero-order valence-corrected chi connectivity index (χ0v) is 19.0. The van der Waals surface area contributed by atoms with Gasteiger partial charge in [-0.15, -0.1) is 0 Å². The number of aliphatic hydroxyl groups excluding tert-OH is 2. The number of rotatable bonds is 7. The lowest BCUT2D eigenvalue weighted by Crippen LogP contribution is -2.46. The van der Waals surface area contributed by atoms with Crippen LogP contribution in [-0.4, -0.2) is 34.4 Å². The van der Waals surface area contributed by atoms with E-state index in [0.29, 0.717) is 8.63 Å². The molecule has 0 aliphatic heterocycles. The number of nitrogens with two attached hydrogens (primary N) is 1. The number of anilines is 2. The molecular formula is C18H17BrF3IN2O4. The van der Waals surface area contributed by atoms with E-state index in [-0.39, 0.29) is 10.2 Å². The van der Waals surface area contributed by atoms with Crippen LogP contribution < -0.4 is 10.8 Å². The average Bonchev–Trinajstić information content (AvgIpc) is 2.63. The minimum atomic E-state index is -1.60. The number of halogens is 5. The summed E-state index contributed by atoms with van der Waals surface area (Å²) in [6.45, 7) is 1.95. The van der Waals surface area contributed by atoms with E-state index in [1.54, 1.807) is 0 Å². The third-order valence-electron chi connectivity index (χ3n) is 4.04. The lowest BCUT2D eigenvalue weighted by atomic mass is 10.0. The van der Waals surface area contributed by atoms with Crippen LogP contribution in [0.15, 0.2) is 28.7 Å². The molecule has 4 N–H and O–H groups in total. The molecule has 0 saturated carbocycles. The predicted octanol–water partition coefficient (Wildman–Crippen LogP) is 3.77. The van der Waals surface area contributed by atoms with E-state index in [1.807, 2.05) is 22.6 Å². The van der Waals surface area contributed by atoms with Crippen molar-refractivity contribution in [3.05, 3.63) is 55.3 Å². The molecule has 0 spiro atoms. The number of amides is 1. The molecule has 2 aromatic rings. The first-order chi connectivity index (χ1) is 13.4. The molecule has 0 fully saturated rings. The molecule has 0 saturated heterocycles. The molecule has 1 unspecified atom stereocenters. The molecular weight excluding hydrogens is 572 g/mol. The van der Waals surface area contributed by atoms with E-state index in [1.165, 1.54) is 26.0 Å². The summed E-state index contributed by atoms with van der Waals surface area (Å²) in [5, 5.41) is 19.8. The van der Waals surface area contributed by atoms with Crippen molar-refractivity contribution >= 4 is 55.8 Å². The molecule has 2 aromatic carbocycles. The summed E-state index contributed by atoms with van der Waals surface area (Å²) in [6.07, 6.45) is -1.47. The highest BCUT2D eigenvalue weighted by molar-refractivity contribution is 14.1. The molecule has 158 valence electrons. The molecule has 0 bridgehead atoms. The van der Waals surface area contributed by atoms with Crippen LogP contribution in [0.1, 0.15) is 24.2 Å².